The number of anilines is 1. The highest BCUT2D eigenvalue weighted by molar-refractivity contribution is 5.85. The number of para-hydroxylation sites is 1. The maximum absolute atomic E-state index is 13.1. The van der Waals surface area contributed by atoms with E-state index >= 15 is 0 Å². The Morgan fingerprint density at radius 3 is 2.83 bits per heavy atom. The predicted octanol–water partition coefficient (Wildman–Crippen LogP) is 1.16. The van der Waals surface area contributed by atoms with Crippen molar-refractivity contribution in [2.24, 2.45) is 5.92 Å². The van der Waals surface area contributed by atoms with Gasteiger partial charge in [-0.25, -0.2) is 0 Å². The minimum atomic E-state index is -0.290. The van der Waals surface area contributed by atoms with Crippen molar-refractivity contribution in [3.05, 3.63) is 36.2 Å². The van der Waals surface area contributed by atoms with Crippen molar-refractivity contribution in [1.82, 2.24) is 30.8 Å². The van der Waals surface area contributed by atoms with E-state index in [4.69, 9.17) is 0 Å². The number of nitrogens with one attached hydrogen (secondary N) is 3. The molecule has 0 saturated carbocycles. The number of hydrogen-bond acceptors (Lipinski definition) is 6. The molecule has 0 spiro atoms. The molecular formula is C16H23N7O. The zero-order valence-electron chi connectivity index (χ0n) is 13.9. The molecule has 2 atom stereocenters. The third kappa shape index (κ3) is 3.70. The van der Waals surface area contributed by atoms with E-state index in [2.05, 4.69) is 45.1 Å². The highest BCUT2D eigenvalue weighted by Crippen LogP contribution is 2.23. The van der Waals surface area contributed by atoms with Gasteiger partial charge in [0.2, 0.25) is 5.91 Å². The number of aromatic amines is 1. The SMILES string of the molecule is CC(C)CC(Nc1ccccc1)C(=O)N1CNCC1c1nn[nH]n1. The first kappa shape index (κ1) is 16.4. The molecule has 2 heterocycles. The van der Waals surface area contributed by atoms with Crippen LogP contribution < -0.4 is 10.6 Å². The molecule has 1 aromatic heterocycles. The smallest absolute Gasteiger partial charge is 0.246 e. The summed E-state index contributed by atoms with van der Waals surface area (Å²) in [6.07, 6.45) is 0.753. The molecule has 8 nitrogen and oxygen atoms in total. The lowest BCUT2D eigenvalue weighted by atomic mass is 10.0. The minimum Gasteiger partial charge on any atom is -0.374 e. The van der Waals surface area contributed by atoms with Gasteiger partial charge < -0.3 is 10.2 Å². The molecule has 3 rings (SSSR count). The minimum absolute atomic E-state index is 0.0485. The molecular weight excluding hydrogens is 306 g/mol. The second-order valence-corrected chi connectivity index (χ2v) is 6.40. The van der Waals surface area contributed by atoms with Crippen LogP contribution in [0.2, 0.25) is 0 Å². The number of aromatic nitrogens is 4. The van der Waals surface area contributed by atoms with Crippen LogP contribution in [0.5, 0.6) is 0 Å². The molecule has 1 fully saturated rings. The van der Waals surface area contributed by atoms with Crippen LogP contribution in [-0.4, -0.2) is 50.7 Å². The highest BCUT2D eigenvalue weighted by atomic mass is 16.2. The van der Waals surface area contributed by atoms with Gasteiger partial charge in [-0.15, -0.1) is 10.2 Å². The van der Waals surface area contributed by atoms with Crippen LogP contribution in [0.3, 0.4) is 0 Å². The lowest BCUT2D eigenvalue weighted by Crippen LogP contribution is -2.44. The molecule has 1 saturated heterocycles. The third-order valence-electron chi connectivity index (χ3n) is 4.06. The Balaban J connectivity index is 1.77. The van der Waals surface area contributed by atoms with Crippen molar-refractivity contribution in [2.45, 2.75) is 32.4 Å². The molecule has 1 aromatic carbocycles. The lowest BCUT2D eigenvalue weighted by molar-refractivity contribution is -0.133. The Kier molecular flexibility index (Phi) is 5.05. The summed E-state index contributed by atoms with van der Waals surface area (Å²) in [5.74, 6) is 0.984. The monoisotopic (exact) mass is 329 g/mol. The zero-order valence-corrected chi connectivity index (χ0v) is 13.9. The molecule has 1 aliphatic rings. The van der Waals surface area contributed by atoms with Crippen molar-refractivity contribution < 1.29 is 4.79 Å². The van der Waals surface area contributed by atoms with E-state index in [0.29, 0.717) is 25.0 Å². The van der Waals surface area contributed by atoms with Crippen LogP contribution in [0.25, 0.3) is 0 Å². The number of tetrazole rings is 1. The van der Waals surface area contributed by atoms with Gasteiger partial charge in [0.1, 0.15) is 12.1 Å². The average Bonchev–Trinajstić information content (AvgIpc) is 3.25. The van der Waals surface area contributed by atoms with Crippen LogP contribution in [0.15, 0.2) is 30.3 Å². The summed E-state index contributed by atoms with van der Waals surface area (Å²) < 4.78 is 0. The fourth-order valence-electron chi connectivity index (χ4n) is 2.94. The summed E-state index contributed by atoms with van der Waals surface area (Å²) >= 11 is 0. The number of hydrogen-bond donors (Lipinski definition) is 3. The van der Waals surface area contributed by atoms with Crippen molar-refractivity contribution in [3.8, 4) is 0 Å². The standard InChI is InChI=1S/C16H23N7O/c1-11(2)8-13(18-12-6-4-3-5-7-12)16(24)23-10-17-9-14(23)15-19-21-22-20-15/h3-7,11,13-14,17-18H,8-10H2,1-2H3,(H,19,20,21,22). The molecule has 0 radical (unpaired) electrons. The summed E-state index contributed by atoms with van der Waals surface area (Å²) in [6, 6.07) is 9.34. The molecule has 8 heteroatoms. The van der Waals surface area contributed by atoms with Crippen LogP contribution in [-0.2, 0) is 4.79 Å². The Hall–Kier alpha value is -2.48. The van der Waals surface area contributed by atoms with Gasteiger partial charge >= 0.3 is 0 Å². The fourth-order valence-corrected chi connectivity index (χ4v) is 2.94. The van der Waals surface area contributed by atoms with E-state index in [0.717, 1.165) is 12.1 Å². The second-order valence-electron chi connectivity index (χ2n) is 6.40. The van der Waals surface area contributed by atoms with Gasteiger partial charge in [0.15, 0.2) is 5.82 Å². The van der Waals surface area contributed by atoms with Crippen molar-refractivity contribution in [2.75, 3.05) is 18.5 Å². The lowest BCUT2D eigenvalue weighted by Gasteiger charge is -2.28. The Bertz CT molecular complexity index is 644. The van der Waals surface area contributed by atoms with Crippen molar-refractivity contribution in [3.63, 3.8) is 0 Å². The highest BCUT2D eigenvalue weighted by Gasteiger charge is 2.36. The average molecular weight is 329 g/mol. The maximum atomic E-state index is 13.1. The van der Waals surface area contributed by atoms with Gasteiger partial charge in [-0.3, -0.25) is 10.1 Å². The maximum Gasteiger partial charge on any atom is 0.246 e. The van der Waals surface area contributed by atoms with E-state index in [1.807, 2.05) is 30.3 Å². The predicted molar refractivity (Wildman–Crippen MR) is 89.9 cm³/mol. The summed E-state index contributed by atoms with van der Waals surface area (Å²) in [4.78, 5) is 14.9. The zero-order chi connectivity index (χ0) is 16.9. The molecule has 128 valence electrons. The van der Waals surface area contributed by atoms with Crippen LogP contribution in [0.1, 0.15) is 32.1 Å². The molecule has 1 amide bonds. The molecule has 0 bridgehead atoms. The van der Waals surface area contributed by atoms with Crippen molar-refractivity contribution in [1.29, 1.82) is 0 Å². The van der Waals surface area contributed by atoms with Gasteiger partial charge in [-0.1, -0.05) is 37.3 Å². The van der Waals surface area contributed by atoms with Gasteiger partial charge in [0, 0.05) is 12.2 Å². The molecule has 3 N–H and O–H groups in total. The van der Waals surface area contributed by atoms with E-state index < -0.39 is 0 Å². The van der Waals surface area contributed by atoms with E-state index in [9.17, 15) is 4.79 Å². The fraction of sp³-hybridized carbons (Fsp3) is 0.500. The molecule has 0 aliphatic carbocycles. The van der Waals surface area contributed by atoms with Crippen LogP contribution in [0, 0.1) is 5.92 Å². The largest absolute Gasteiger partial charge is 0.374 e. The summed E-state index contributed by atoms with van der Waals surface area (Å²) in [5, 5.41) is 20.7. The molecule has 2 unspecified atom stereocenters. The summed E-state index contributed by atoms with van der Waals surface area (Å²) in [7, 11) is 0. The first-order valence-electron chi connectivity index (χ1n) is 8.21. The number of H-pyrrole nitrogens is 1. The topological polar surface area (TPSA) is 98.8 Å². The van der Waals surface area contributed by atoms with E-state index in [1.165, 1.54) is 0 Å². The number of nitrogens with zero attached hydrogens (tertiary/aromatic N) is 4. The van der Waals surface area contributed by atoms with Gasteiger partial charge in [-0.05, 0) is 24.5 Å². The Labute approximate surface area is 141 Å². The first-order chi connectivity index (χ1) is 11.6. The van der Waals surface area contributed by atoms with Gasteiger partial charge in [-0.2, -0.15) is 5.21 Å². The molecule has 24 heavy (non-hydrogen) atoms. The van der Waals surface area contributed by atoms with Crippen LogP contribution in [0.4, 0.5) is 5.69 Å². The molecule has 2 aromatic rings. The first-order valence-corrected chi connectivity index (χ1v) is 8.21. The van der Waals surface area contributed by atoms with Gasteiger partial charge in [0.05, 0.1) is 6.67 Å². The van der Waals surface area contributed by atoms with E-state index in [-0.39, 0.29) is 18.0 Å². The summed E-state index contributed by atoms with van der Waals surface area (Å²) in [6.45, 7) is 5.35. The number of benzene rings is 1. The number of amides is 1. The second kappa shape index (κ2) is 7.39. The summed E-state index contributed by atoms with van der Waals surface area (Å²) in [5.41, 5.74) is 0.944. The number of carbonyl (C=O) groups is 1. The number of carbonyl (C=O) groups excluding carboxylic acids is 1. The van der Waals surface area contributed by atoms with Gasteiger partial charge in [0.25, 0.3) is 0 Å². The quantitative estimate of drug-likeness (QED) is 0.735. The molecule has 1 aliphatic heterocycles. The normalized spacial score (nSPS) is 18.8. The Morgan fingerprint density at radius 1 is 1.38 bits per heavy atom. The van der Waals surface area contributed by atoms with Crippen molar-refractivity contribution >= 4 is 11.6 Å². The number of rotatable bonds is 6. The van der Waals surface area contributed by atoms with Crippen LogP contribution >= 0.6 is 0 Å². The van der Waals surface area contributed by atoms with E-state index in [1.54, 1.807) is 4.90 Å². The Morgan fingerprint density at radius 2 is 2.17 bits per heavy atom. The third-order valence-corrected chi connectivity index (χ3v) is 4.06.